The molecule has 0 bridgehead atoms. The number of rotatable bonds is 5. The summed E-state index contributed by atoms with van der Waals surface area (Å²) in [5.74, 6) is 0.539. The summed E-state index contributed by atoms with van der Waals surface area (Å²) in [6.45, 7) is 2.41. The van der Waals surface area contributed by atoms with Crippen LogP contribution < -0.4 is 5.32 Å². The van der Waals surface area contributed by atoms with Gasteiger partial charge in [-0.25, -0.2) is 9.97 Å². The summed E-state index contributed by atoms with van der Waals surface area (Å²) >= 11 is 0. The Hall–Kier alpha value is -2.43. The molecule has 5 heteroatoms. The van der Waals surface area contributed by atoms with Gasteiger partial charge in [0.25, 0.3) is 5.91 Å². The highest BCUT2D eigenvalue weighted by Gasteiger charge is 2.18. The topological polar surface area (TPSA) is 58.1 Å². The molecule has 0 unspecified atom stereocenters. The number of carbonyl (C=O) groups is 1. The molecule has 1 fully saturated rings. The minimum absolute atomic E-state index is 0.0189. The molecule has 0 spiro atoms. The van der Waals surface area contributed by atoms with Crippen LogP contribution in [0.4, 0.5) is 5.95 Å². The zero-order valence-corrected chi connectivity index (χ0v) is 13.9. The standard InChI is InChI=1S/C19H24N4O/c24-18(23-14-6-1-2-7-15-23)17-11-13-21-19(22-17)20-12-10-16-8-4-3-5-9-16/h3-5,8-9,11,13H,1-2,6-7,10,12,14-15H2,(H,20,21,22). The van der Waals surface area contributed by atoms with E-state index in [1.165, 1.54) is 18.4 Å². The molecular formula is C19H24N4O. The third-order valence-corrected chi connectivity index (χ3v) is 4.31. The van der Waals surface area contributed by atoms with Crippen LogP contribution in [0.25, 0.3) is 0 Å². The molecule has 0 aliphatic carbocycles. The van der Waals surface area contributed by atoms with Gasteiger partial charge in [-0.2, -0.15) is 0 Å². The molecule has 1 saturated heterocycles. The van der Waals surface area contributed by atoms with E-state index in [-0.39, 0.29) is 5.91 Å². The van der Waals surface area contributed by atoms with Gasteiger partial charge in [-0.1, -0.05) is 43.2 Å². The van der Waals surface area contributed by atoms with Gasteiger partial charge >= 0.3 is 0 Å². The van der Waals surface area contributed by atoms with Crippen LogP contribution in [0.1, 0.15) is 41.7 Å². The van der Waals surface area contributed by atoms with E-state index in [0.717, 1.165) is 38.9 Å². The third-order valence-electron chi connectivity index (χ3n) is 4.31. The summed E-state index contributed by atoms with van der Waals surface area (Å²) < 4.78 is 0. The molecular weight excluding hydrogens is 300 g/mol. The second-order valence-electron chi connectivity index (χ2n) is 6.13. The van der Waals surface area contributed by atoms with Gasteiger partial charge in [0.1, 0.15) is 5.69 Å². The number of likely N-dealkylation sites (tertiary alicyclic amines) is 1. The summed E-state index contributed by atoms with van der Waals surface area (Å²) in [5.41, 5.74) is 1.75. The maximum atomic E-state index is 12.6. The molecule has 1 aliphatic heterocycles. The summed E-state index contributed by atoms with van der Waals surface area (Å²) in [6, 6.07) is 12.0. The van der Waals surface area contributed by atoms with Gasteiger partial charge in [-0.15, -0.1) is 0 Å². The molecule has 24 heavy (non-hydrogen) atoms. The molecule has 0 radical (unpaired) electrons. The molecule has 2 aromatic rings. The van der Waals surface area contributed by atoms with Crippen LogP contribution in [0, 0.1) is 0 Å². The van der Waals surface area contributed by atoms with Gasteiger partial charge in [0.15, 0.2) is 0 Å². The molecule has 0 saturated carbocycles. The van der Waals surface area contributed by atoms with Gasteiger partial charge in [0, 0.05) is 25.8 Å². The Balaban J connectivity index is 1.58. The van der Waals surface area contributed by atoms with Crippen molar-refractivity contribution in [3.8, 4) is 0 Å². The van der Waals surface area contributed by atoms with Crippen LogP contribution in [-0.2, 0) is 6.42 Å². The van der Waals surface area contributed by atoms with Gasteiger partial charge in [-0.3, -0.25) is 4.79 Å². The van der Waals surface area contributed by atoms with Crippen LogP contribution in [0.2, 0.25) is 0 Å². The first kappa shape index (κ1) is 16.4. The number of carbonyl (C=O) groups excluding carboxylic acids is 1. The smallest absolute Gasteiger partial charge is 0.272 e. The number of amides is 1. The van der Waals surface area contributed by atoms with E-state index in [9.17, 15) is 4.79 Å². The average Bonchev–Trinajstić information content (AvgIpc) is 2.92. The largest absolute Gasteiger partial charge is 0.354 e. The van der Waals surface area contributed by atoms with Crippen molar-refractivity contribution in [1.29, 1.82) is 0 Å². The predicted molar refractivity (Wildman–Crippen MR) is 95.0 cm³/mol. The highest BCUT2D eigenvalue weighted by atomic mass is 16.2. The zero-order valence-electron chi connectivity index (χ0n) is 13.9. The molecule has 3 rings (SSSR count). The fourth-order valence-corrected chi connectivity index (χ4v) is 2.96. The Morgan fingerprint density at radius 2 is 1.79 bits per heavy atom. The first-order valence-electron chi connectivity index (χ1n) is 8.73. The number of aromatic nitrogens is 2. The highest BCUT2D eigenvalue weighted by Crippen LogP contribution is 2.13. The average molecular weight is 324 g/mol. The summed E-state index contributed by atoms with van der Waals surface area (Å²) in [7, 11) is 0. The molecule has 0 atom stereocenters. The summed E-state index contributed by atoms with van der Waals surface area (Å²) in [5, 5.41) is 3.21. The van der Waals surface area contributed by atoms with Gasteiger partial charge < -0.3 is 10.2 Å². The lowest BCUT2D eigenvalue weighted by atomic mass is 10.1. The minimum atomic E-state index is 0.0189. The van der Waals surface area contributed by atoms with Crippen molar-refractivity contribution >= 4 is 11.9 Å². The van der Waals surface area contributed by atoms with Crippen LogP contribution in [0.15, 0.2) is 42.6 Å². The quantitative estimate of drug-likeness (QED) is 0.918. The van der Waals surface area contributed by atoms with E-state index in [2.05, 4.69) is 27.4 Å². The van der Waals surface area contributed by atoms with E-state index < -0.39 is 0 Å². The van der Waals surface area contributed by atoms with Crippen LogP contribution in [0.5, 0.6) is 0 Å². The second-order valence-corrected chi connectivity index (χ2v) is 6.13. The Labute approximate surface area is 143 Å². The zero-order chi connectivity index (χ0) is 16.6. The van der Waals surface area contributed by atoms with E-state index in [1.54, 1.807) is 12.3 Å². The molecule has 1 aromatic heterocycles. The van der Waals surface area contributed by atoms with E-state index in [0.29, 0.717) is 11.6 Å². The second kappa shape index (κ2) is 8.43. The molecule has 2 heterocycles. The molecule has 1 aliphatic rings. The predicted octanol–water partition coefficient (Wildman–Crippen LogP) is 3.15. The van der Waals surface area contributed by atoms with Crippen molar-refractivity contribution in [2.75, 3.05) is 25.0 Å². The number of anilines is 1. The SMILES string of the molecule is O=C(c1ccnc(NCCc2ccccc2)n1)N1CCCCCC1. The monoisotopic (exact) mass is 324 g/mol. The van der Waals surface area contributed by atoms with Gasteiger partial charge in [0.05, 0.1) is 0 Å². The molecule has 1 N–H and O–H groups in total. The Morgan fingerprint density at radius 1 is 1.04 bits per heavy atom. The number of nitrogens with zero attached hydrogens (tertiary/aromatic N) is 3. The molecule has 5 nitrogen and oxygen atoms in total. The van der Waals surface area contributed by atoms with Crippen molar-refractivity contribution in [2.24, 2.45) is 0 Å². The fraction of sp³-hybridized carbons (Fsp3) is 0.421. The minimum Gasteiger partial charge on any atom is -0.354 e. The van der Waals surface area contributed by atoms with Crippen LogP contribution >= 0.6 is 0 Å². The van der Waals surface area contributed by atoms with E-state index in [1.807, 2.05) is 23.1 Å². The van der Waals surface area contributed by atoms with E-state index in [4.69, 9.17) is 0 Å². The van der Waals surface area contributed by atoms with Crippen molar-refractivity contribution in [2.45, 2.75) is 32.1 Å². The lowest BCUT2D eigenvalue weighted by Crippen LogP contribution is -2.32. The van der Waals surface area contributed by atoms with Crippen molar-refractivity contribution < 1.29 is 4.79 Å². The maximum absolute atomic E-state index is 12.6. The van der Waals surface area contributed by atoms with Crippen LogP contribution in [-0.4, -0.2) is 40.4 Å². The number of hydrogen-bond donors (Lipinski definition) is 1. The lowest BCUT2D eigenvalue weighted by molar-refractivity contribution is 0.0755. The molecule has 126 valence electrons. The normalized spacial score (nSPS) is 14.9. The van der Waals surface area contributed by atoms with Crippen molar-refractivity contribution in [3.05, 3.63) is 53.9 Å². The number of benzene rings is 1. The van der Waals surface area contributed by atoms with Gasteiger partial charge in [-0.05, 0) is 30.9 Å². The fourth-order valence-electron chi connectivity index (χ4n) is 2.96. The third kappa shape index (κ3) is 4.54. The Kier molecular flexibility index (Phi) is 5.77. The highest BCUT2D eigenvalue weighted by molar-refractivity contribution is 5.92. The Morgan fingerprint density at radius 3 is 2.54 bits per heavy atom. The van der Waals surface area contributed by atoms with Crippen molar-refractivity contribution in [1.82, 2.24) is 14.9 Å². The summed E-state index contributed by atoms with van der Waals surface area (Å²) in [6.07, 6.45) is 7.13. The van der Waals surface area contributed by atoms with Crippen LogP contribution in [0.3, 0.4) is 0 Å². The number of nitrogens with one attached hydrogen (secondary N) is 1. The number of hydrogen-bond acceptors (Lipinski definition) is 4. The Bertz CT molecular complexity index is 651. The first-order valence-corrected chi connectivity index (χ1v) is 8.73. The lowest BCUT2D eigenvalue weighted by Gasteiger charge is -2.19. The van der Waals surface area contributed by atoms with Gasteiger partial charge in [0.2, 0.25) is 5.95 Å². The maximum Gasteiger partial charge on any atom is 0.272 e. The first-order chi connectivity index (χ1) is 11.8. The van der Waals surface area contributed by atoms with E-state index >= 15 is 0 Å². The molecule has 1 amide bonds. The molecule has 1 aromatic carbocycles. The summed E-state index contributed by atoms with van der Waals surface area (Å²) in [4.78, 5) is 23.1. The van der Waals surface area contributed by atoms with Crippen molar-refractivity contribution in [3.63, 3.8) is 0 Å².